The van der Waals surface area contributed by atoms with Crippen LogP contribution in [0.15, 0.2) is 72.9 Å². The molecule has 0 bridgehead atoms. The topological polar surface area (TPSA) is 102 Å². The number of rotatable bonds is 44. The monoisotopic (exact) mass is 868 g/mol. The molecule has 0 aliphatic rings. The molecular weight excluding hydrogens is 775 g/mol. The number of hydrogen-bond acceptors (Lipinski definition) is 7. The van der Waals surface area contributed by atoms with Crippen LogP contribution in [0.4, 0.5) is 0 Å². The normalized spacial score (nSPS) is 13.5. The average Bonchev–Trinajstić information content (AvgIpc) is 3.23. The summed E-state index contributed by atoms with van der Waals surface area (Å²) in [6.07, 6.45) is 56.4. The van der Waals surface area contributed by atoms with Gasteiger partial charge in [-0.2, -0.15) is 0 Å². The molecule has 2 unspecified atom stereocenters. The molecule has 0 amide bonds. The number of carboxylic acid groups (broad SMARTS) is 1. The Morgan fingerprint density at radius 2 is 0.903 bits per heavy atom. The maximum absolute atomic E-state index is 12.8. The van der Waals surface area contributed by atoms with E-state index in [0.29, 0.717) is 12.8 Å². The van der Waals surface area contributed by atoms with Crippen molar-refractivity contribution in [1.29, 1.82) is 0 Å². The molecule has 62 heavy (non-hydrogen) atoms. The van der Waals surface area contributed by atoms with Crippen LogP contribution in [0.25, 0.3) is 0 Å². The number of carbonyl (C=O) groups is 3. The van der Waals surface area contributed by atoms with Crippen molar-refractivity contribution >= 4 is 17.9 Å². The van der Waals surface area contributed by atoms with Gasteiger partial charge < -0.3 is 28.6 Å². The van der Waals surface area contributed by atoms with Gasteiger partial charge in [-0.05, 0) is 83.5 Å². The van der Waals surface area contributed by atoms with Crippen LogP contribution in [-0.2, 0) is 28.6 Å². The zero-order valence-electron chi connectivity index (χ0n) is 40.5. The Morgan fingerprint density at radius 3 is 1.34 bits per heavy atom. The number of carbonyl (C=O) groups excluding carboxylic acids is 3. The molecule has 0 saturated carbocycles. The SMILES string of the molecule is CC/C=C\C/C=C\C/C=C\C/C=C\CCCCCCCCCCCCC(=O)OC(COCCC(C(=O)[O-])[N+](C)(C)C)COC(=O)CCCCCCC/C=C\C/C=C\CCCCC. The second-order valence-electron chi connectivity index (χ2n) is 17.7. The fourth-order valence-corrected chi connectivity index (χ4v) is 6.97. The Morgan fingerprint density at radius 1 is 0.500 bits per heavy atom. The molecule has 0 radical (unpaired) electrons. The van der Waals surface area contributed by atoms with Gasteiger partial charge in [-0.25, -0.2) is 0 Å². The predicted molar refractivity (Wildman–Crippen MR) is 259 cm³/mol. The summed E-state index contributed by atoms with van der Waals surface area (Å²) in [6, 6.07) is -0.732. The molecule has 0 rings (SSSR count). The quantitative estimate of drug-likeness (QED) is 0.0260. The highest BCUT2D eigenvalue weighted by Crippen LogP contribution is 2.14. The van der Waals surface area contributed by atoms with Crippen LogP contribution in [0, 0.1) is 0 Å². The van der Waals surface area contributed by atoms with Crippen molar-refractivity contribution in [3.63, 3.8) is 0 Å². The Balaban J connectivity index is 4.27. The van der Waals surface area contributed by atoms with E-state index >= 15 is 0 Å². The first-order valence-corrected chi connectivity index (χ1v) is 25.0. The lowest BCUT2D eigenvalue weighted by Gasteiger charge is -2.34. The lowest BCUT2D eigenvalue weighted by molar-refractivity contribution is -0.889. The molecule has 0 aromatic rings. The van der Waals surface area contributed by atoms with Crippen LogP contribution in [0.1, 0.15) is 200 Å². The summed E-state index contributed by atoms with van der Waals surface area (Å²) >= 11 is 0. The average molecular weight is 868 g/mol. The van der Waals surface area contributed by atoms with E-state index in [4.69, 9.17) is 14.2 Å². The summed E-state index contributed by atoms with van der Waals surface area (Å²) in [4.78, 5) is 37.0. The first-order valence-electron chi connectivity index (χ1n) is 25.0. The van der Waals surface area contributed by atoms with Crippen LogP contribution < -0.4 is 5.11 Å². The van der Waals surface area contributed by atoms with E-state index in [0.717, 1.165) is 96.3 Å². The zero-order valence-corrected chi connectivity index (χ0v) is 40.5. The molecule has 0 aromatic carbocycles. The third-order valence-corrected chi connectivity index (χ3v) is 10.8. The fraction of sp³-hybridized carbons (Fsp3) is 0.722. The van der Waals surface area contributed by atoms with Gasteiger partial charge in [0.2, 0.25) is 0 Å². The number of likely N-dealkylation sites (N-methyl/N-ethyl adjacent to an activating group) is 1. The highest BCUT2D eigenvalue weighted by molar-refractivity contribution is 5.70. The minimum absolute atomic E-state index is 0.0318. The molecule has 0 saturated heterocycles. The van der Waals surface area contributed by atoms with Gasteiger partial charge in [-0.15, -0.1) is 0 Å². The summed E-state index contributed by atoms with van der Waals surface area (Å²) in [6.45, 7) is 4.51. The first kappa shape index (κ1) is 58.8. The van der Waals surface area contributed by atoms with Crippen molar-refractivity contribution in [3.05, 3.63) is 72.9 Å². The second-order valence-corrected chi connectivity index (χ2v) is 17.7. The lowest BCUT2D eigenvalue weighted by atomic mass is 10.0. The maximum Gasteiger partial charge on any atom is 0.306 e. The smallest absolute Gasteiger partial charge is 0.306 e. The van der Waals surface area contributed by atoms with Crippen LogP contribution in [-0.4, -0.2) is 75.5 Å². The Hall–Kier alpha value is -3.23. The third-order valence-electron chi connectivity index (χ3n) is 10.8. The first-order chi connectivity index (χ1) is 30.1. The molecule has 8 nitrogen and oxygen atoms in total. The third kappa shape index (κ3) is 42.1. The molecule has 0 N–H and O–H groups in total. The fourth-order valence-electron chi connectivity index (χ4n) is 6.97. The highest BCUT2D eigenvalue weighted by Gasteiger charge is 2.25. The van der Waals surface area contributed by atoms with E-state index in [-0.39, 0.29) is 42.7 Å². The standard InChI is InChI=1S/C54H93NO7/c1-6-8-10-12-14-16-18-20-22-23-24-25-26-27-28-29-31-33-35-37-39-41-43-45-53(57)62-50(48-60-47-46-51(54(58)59)55(3,4)5)49-61-52(56)44-42-40-38-36-34-32-30-21-19-17-15-13-11-9-7-2/h8,10,14-17,20-22,24-25,30,50-51H,6-7,9,11-13,18-19,23,26-29,31-49H2,1-5H3/b10-8-,16-14-,17-15-,22-20-,25-24-,30-21-. The minimum atomic E-state index is -1.13. The number of hydrogen-bond donors (Lipinski definition) is 0. The molecule has 8 heteroatoms. The van der Waals surface area contributed by atoms with Gasteiger partial charge in [0.1, 0.15) is 12.6 Å². The van der Waals surface area contributed by atoms with E-state index in [1.165, 1.54) is 70.6 Å². The van der Waals surface area contributed by atoms with Crippen molar-refractivity contribution in [2.45, 2.75) is 212 Å². The molecule has 0 aromatic heterocycles. The van der Waals surface area contributed by atoms with Crippen LogP contribution in [0.3, 0.4) is 0 Å². The summed E-state index contributed by atoms with van der Waals surface area (Å²) in [7, 11) is 5.40. The molecule has 0 heterocycles. The number of nitrogens with zero attached hydrogens (tertiary/aromatic N) is 1. The van der Waals surface area contributed by atoms with Crippen molar-refractivity contribution in [3.8, 4) is 0 Å². The van der Waals surface area contributed by atoms with Crippen LogP contribution in [0.5, 0.6) is 0 Å². The van der Waals surface area contributed by atoms with Crippen molar-refractivity contribution in [2.75, 3.05) is 41.0 Å². The molecular formula is C54H93NO7. The van der Waals surface area contributed by atoms with Gasteiger partial charge in [0, 0.05) is 19.3 Å². The molecule has 0 spiro atoms. The summed E-state index contributed by atoms with van der Waals surface area (Å²) in [5, 5.41) is 11.7. The van der Waals surface area contributed by atoms with E-state index in [2.05, 4.69) is 86.8 Å². The van der Waals surface area contributed by atoms with Gasteiger partial charge in [0.25, 0.3) is 0 Å². The van der Waals surface area contributed by atoms with Crippen molar-refractivity contribution < 1.29 is 38.2 Å². The number of carboxylic acids is 1. The van der Waals surface area contributed by atoms with Gasteiger partial charge in [0.05, 0.1) is 40.3 Å². The number of unbranched alkanes of at least 4 members (excludes halogenated alkanes) is 18. The zero-order chi connectivity index (χ0) is 45.6. The molecule has 2 atom stereocenters. The second kappa shape index (κ2) is 44.4. The molecule has 0 aliphatic carbocycles. The number of ether oxygens (including phenoxy) is 3. The largest absolute Gasteiger partial charge is 0.544 e. The Kier molecular flexibility index (Phi) is 42.1. The summed E-state index contributed by atoms with van der Waals surface area (Å²) in [5.74, 6) is -1.76. The molecule has 0 aliphatic heterocycles. The van der Waals surface area contributed by atoms with Gasteiger partial charge in [-0.3, -0.25) is 9.59 Å². The number of allylic oxidation sites excluding steroid dienone is 12. The van der Waals surface area contributed by atoms with Gasteiger partial charge in [-0.1, -0.05) is 170 Å². The Bertz CT molecular complexity index is 1240. The van der Waals surface area contributed by atoms with Crippen LogP contribution >= 0.6 is 0 Å². The summed E-state index contributed by atoms with van der Waals surface area (Å²) < 4.78 is 17.2. The van der Waals surface area contributed by atoms with Crippen molar-refractivity contribution in [1.82, 2.24) is 0 Å². The lowest BCUT2D eigenvalue weighted by Crippen LogP contribution is -2.55. The van der Waals surface area contributed by atoms with Gasteiger partial charge >= 0.3 is 11.9 Å². The van der Waals surface area contributed by atoms with E-state index in [1.807, 2.05) is 0 Å². The highest BCUT2D eigenvalue weighted by atomic mass is 16.6. The van der Waals surface area contributed by atoms with E-state index in [1.54, 1.807) is 21.1 Å². The summed E-state index contributed by atoms with van der Waals surface area (Å²) in [5.41, 5.74) is 0. The predicted octanol–water partition coefficient (Wildman–Crippen LogP) is 13.0. The molecule has 0 fully saturated rings. The van der Waals surface area contributed by atoms with Crippen molar-refractivity contribution in [2.24, 2.45) is 0 Å². The number of esters is 2. The molecule has 356 valence electrons. The maximum atomic E-state index is 12.8. The number of aliphatic carboxylic acids is 1. The van der Waals surface area contributed by atoms with E-state index in [9.17, 15) is 19.5 Å². The number of quaternary nitrogens is 1. The van der Waals surface area contributed by atoms with Gasteiger partial charge in [0.15, 0.2) is 6.10 Å². The van der Waals surface area contributed by atoms with Crippen LogP contribution in [0.2, 0.25) is 0 Å². The Labute approximate surface area is 381 Å². The minimum Gasteiger partial charge on any atom is -0.544 e. The van der Waals surface area contributed by atoms with E-state index < -0.39 is 18.1 Å².